The molecule has 0 spiro atoms. The van der Waals surface area contributed by atoms with Crippen LogP contribution in [0.15, 0.2) is 60.1 Å². The summed E-state index contributed by atoms with van der Waals surface area (Å²) in [7, 11) is 3.14. The lowest BCUT2D eigenvalue weighted by molar-refractivity contribution is -0.113. The van der Waals surface area contributed by atoms with Crippen molar-refractivity contribution in [2.24, 2.45) is 0 Å². The van der Waals surface area contributed by atoms with Crippen molar-refractivity contribution in [2.45, 2.75) is 32.7 Å². The van der Waals surface area contributed by atoms with Gasteiger partial charge in [-0.3, -0.25) is 4.79 Å². The first kappa shape index (κ1) is 21.4. The Morgan fingerprint density at radius 2 is 1.88 bits per heavy atom. The highest BCUT2D eigenvalue weighted by atomic mass is 16.5. The van der Waals surface area contributed by atoms with Gasteiger partial charge in [-0.1, -0.05) is 38.1 Å². The molecule has 1 amide bonds. The first-order valence-corrected chi connectivity index (χ1v) is 10.4. The van der Waals surface area contributed by atoms with Gasteiger partial charge in [-0.05, 0) is 36.1 Å². The molecule has 0 fully saturated rings. The Morgan fingerprint density at radius 1 is 1.12 bits per heavy atom. The maximum atomic E-state index is 13.5. The minimum Gasteiger partial charge on any atom is -0.497 e. The van der Waals surface area contributed by atoms with Gasteiger partial charge in [0.05, 0.1) is 25.5 Å². The molecule has 1 aliphatic rings. The van der Waals surface area contributed by atoms with E-state index in [1.54, 1.807) is 37.1 Å². The summed E-state index contributed by atoms with van der Waals surface area (Å²) in [5.74, 6) is 1.92. The third-order valence-electron chi connectivity index (χ3n) is 5.61. The van der Waals surface area contributed by atoms with Crippen LogP contribution in [-0.4, -0.2) is 34.9 Å². The van der Waals surface area contributed by atoms with Gasteiger partial charge in [0, 0.05) is 11.8 Å². The molecule has 166 valence electrons. The number of amides is 1. The lowest BCUT2D eigenvalue weighted by Gasteiger charge is -2.29. The molecular formula is C24H27N5O3. The van der Waals surface area contributed by atoms with Gasteiger partial charge in [0.25, 0.3) is 5.91 Å². The third-order valence-corrected chi connectivity index (χ3v) is 5.61. The van der Waals surface area contributed by atoms with Crippen molar-refractivity contribution in [1.82, 2.24) is 14.8 Å². The Hall–Kier alpha value is -3.81. The van der Waals surface area contributed by atoms with E-state index in [1.165, 1.54) is 11.9 Å². The fourth-order valence-electron chi connectivity index (χ4n) is 3.85. The van der Waals surface area contributed by atoms with Crippen molar-refractivity contribution in [3.63, 3.8) is 0 Å². The smallest absolute Gasteiger partial charge is 0.255 e. The Kier molecular flexibility index (Phi) is 5.85. The van der Waals surface area contributed by atoms with Crippen LogP contribution >= 0.6 is 0 Å². The highest BCUT2D eigenvalue weighted by Gasteiger charge is 2.33. The van der Waals surface area contributed by atoms with E-state index in [4.69, 9.17) is 9.47 Å². The molecule has 4 rings (SSSR count). The lowest BCUT2D eigenvalue weighted by atomic mass is 9.92. The summed E-state index contributed by atoms with van der Waals surface area (Å²) in [5.41, 5.74) is 4.01. The second-order valence-electron chi connectivity index (χ2n) is 7.94. The maximum absolute atomic E-state index is 13.5. The zero-order valence-electron chi connectivity index (χ0n) is 18.8. The first-order valence-electron chi connectivity index (χ1n) is 10.4. The van der Waals surface area contributed by atoms with Crippen LogP contribution in [0.2, 0.25) is 0 Å². The van der Waals surface area contributed by atoms with Crippen LogP contribution < -0.4 is 20.1 Å². The minimum absolute atomic E-state index is 0.252. The predicted molar refractivity (Wildman–Crippen MR) is 123 cm³/mol. The SMILES string of the molecule is COc1ccc(NC(=O)C2=C(C)Nc3ncnn3[C@H]2c2ccc(C(C)C)cc2)c(OC)c1. The van der Waals surface area contributed by atoms with E-state index in [0.717, 1.165) is 5.56 Å². The molecule has 0 radical (unpaired) electrons. The van der Waals surface area contributed by atoms with E-state index < -0.39 is 6.04 Å². The molecule has 0 saturated heterocycles. The summed E-state index contributed by atoms with van der Waals surface area (Å²) in [6.07, 6.45) is 1.48. The summed E-state index contributed by atoms with van der Waals surface area (Å²) in [5, 5.41) is 10.6. The number of aromatic nitrogens is 3. The molecule has 32 heavy (non-hydrogen) atoms. The summed E-state index contributed by atoms with van der Waals surface area (Å²) in [6.45, 7) is 6.17. The third kappa shape index (κ3) is 3.91. The van der Waals surface area contributed by atoms with E-state index in [2.05, 4.69) is 46.7 Å². The van der Waals surface area contributed by atoms with Crippen LogP contribution in [0.5, 0.6) is 11.5 Å². The van der Waals surface area contributed by atoms with Gasteiger partial charge in [-0.25, -0.2) is 4.68 Å². The monoisotopic (exact) mass is 433 g/mol. The quantitative estimate of drug-likeness (QED) is 0.601. The molecule has 8 nitrogen and oxygen atoms in total. The maximum Gasteiger partial charge on any atom is 0.255 e. The van der Waals surface area contributed by atoms with Gasteiger partial charge < -0.3 is 20.1 Å². The minimum atomic E-state index is -0.417. The number of nitrogens with zero attached hydrogens (tertiary/aromatic N) is 3. The second-order valence-corrected chi connectivity index (χ2v) is 7.94. The van der Waals surface area contributed by atoms with E-state index in [-0.39, 0.29) is 5.91 Å². The van der Waals surface area contributed by atoms with E-state index in [9.17, 15) is 4.79 Å². The highest BCUT2D eigenvalue weighted by molar-refractivity contribution is 6.06. The standard InChI is InChI=1S/C24H27N5O3/c1-14(2)16-6-8-17(9-7-16)22-21(15(3)27-24-25-13-26-29(22)24)23(30)28-19-11-10-18(31-4)12-20(19)32-5/h6-14,22H,1-5H3,(H,28,30)(H,25,26,27)/t22-/m0/s1. The average molecular weight is 434 g/mol. The fourth-order valence-corrected chi connectivity index (χ4v) is 3.85. The topological polar surface area (TPSA) is 90.3 Å². The van der Waals surface area contributed by atoms with Gasteiger partial charge in [-0.2, -0.15) is 10.1 Å². The van der Waals surface area contributed by atoms with Crippen molar-refractivity contribution >= 4 is 17.5 Å². The molecule has 1 atom stereocenters. The number of anilines is 2. The number of carbonyl (C=O) groups excluding carboxylic acids is 1. The van der Waals surface area contributed by atoms with Crippen LogP contribution in [0.25, 0.3) is 0 Å². The van der Waals surface area contributed by atoms with Crippen LogP contribution in [0, 0.1) is 0 Å². The summed E-state index contributed by atoms with van der Waals surface area (Å²) in [6, 6.07) is 13.1. The molecule has 0 saturated carbocycles. The molecular weight excluding hydrogens is 406 g/mol. The number of allylic oxidation sites excluding steroid dienone is 1. The number of hydrogen-bond donors (Lipinski definition) is 2. The summed E-state index contributed by atoms with van der Waals surface area (Å²) >= 11 is 0. The zero-order valence-corrected chi connectivity index (χ0v) is 18.8. The van der Waals surface area contributed by atoms with Crippen molar-refractivity contribution in [3.8, 4) is 11.5 Å². The average Bonchev–Trinajstić information content (AvgIpc) is 3.26. The molecule has 0 bridgehead atoms. The van der Waals surface area contributed by atoms with Gasteiger partial charge in [0.15, 0.2) is 0 Å². The predicted octanol–water partition coefficient (Wildman–Crippen LogP) is 4.35. The molecule has 1 aliphatic heterocycles. The molecule has 2 heterocycles. The number of carbonyl (C=O) groups is 1. The van der Waals surface area contributed by atoms with Crippen LogP contribution in [0.4, 0.5) is 11.6 Å². The Labute approximate surface area is 187 Å². The Morgan fingerprint density at radius 3 is 2.53 bits per heavy atom. The van der Waals surface area contributed by atoms with Gasteiger partial charge in [0.1, 0.15) is 23.9 Å². The van der Waals surface area contributed by atoms with Crippen LogP contribution in [-0.2, 0) is 4.79 Å². The summed E-state index contributed by atoms with van der Waals surface area (Å²) < 4.78 is 12.4. The van der Waals surface area contributed by atoms with E-state index in [1.807, 2.05) is 19.1 Å². The molecule has 0 aliphatic carbocycles. The van der Waals surface area contributed by atoms with Crippen molar-refractivity contribution in [1.29, 1.82) is 0 Å². The Balaban J connectivity index is 1.73. The molecule has 1 aromatic heterocycles. The molecule has 2 aromatic carbocycles. The number of fused-ring (bicyclic) bond motifs is 1. The number of methoxy groups -OCH3 is 2. The normalized spacial score (nSPS) is 15.2. The van der Waals surface area contributed by atoms with Crippen LogP contribution in [0.3, 0.4) is 0 Å². The number of ether oxygens (including phenoxy) is 2. The number of nitrogens with one attached hydrogen (secondary N) is 2. The first-order chi connectivity index (χ1) is 15.4. The highest BCUT2D eigenvalue weighted by Crippen LogP contribution is 2.37. The van der Waals surface area contributed by atoms with Crippen molar-refractivity contribution in [2.75, 3.05) is 24.9 Å². The van der Waals surface area contributed by atoms with Gasteiger partial charge in [-0.15, -0.1) is 0 Å². The van der Waals surface area contributed by atoms with E-state index in [0.29, 0.717) is 40.3 Å². The number of benzene rings is 2. The fraction of sp³-hybridized carbons (Fsp3) is 0.292. The van der Waals surface area contributed by atoms with Gasteiger partial charge >= 0.3 is 0 Å². The molecule has 0 unspecified atom stereocenters. The second kappa shape index (κ2) is 8.74. The van der Waals surface area contributed by atoms with E-state index >= 15 is 0 Å². The zero-order chi connectivity index (χ0) is 22.8. The molecule has 2 N–H and O–H groups in total. The van der Waals surface area contributed by atoms with Gasteiger partial charge in [0.2, 0.25) is 5.95 Å². The largest absolute Gasteiger partial charge is 0.497 e. The number of hydrogen-bond acceptors (Lipinski definition) is 6. The Bertz CT molecular complexity index is 1160. The number of rotatable bonds is 6. The molecule has 3 aromatic rings. The van der Waals surface area contributed by atoms with Crippen molar-refractivity contribution in [3.05, 3.63) is 71.2 Å². The van der Waals surface area contributed by atoms with Crippen LogP contribution in [0.1, 0.15) is 43.9 Å². The summed E-state index contributed by atoms with van der Waals surface area (Å²) in [4.78, 5) is 17.8. The lowest BCUT2D eigenvalue weighted by Crippen LogP contribution is -2.31. The molecule has 8 heteroatoms. The van der Waals surface area contributed by atoms with Crippen molar-refractivity contribution < 1.29 is 14.3 Å².